The zero-order chi connectivity index (χ0) is 27.8. The molecular formula is C28H32N2O8. The number of anilines is 2. The van der Waals surface area contributed by atoms with Crippen molar-refractivity contribution in [3.8, 4) is 0 Å². The summed E-state index contributed by atoms with van der Waals surface area (Å²) in [5.74, 6) is -6.77. The first-order valence-corrected chi connectivity index (χ1v) is 12.7. The molecule has 202 valence electrons. The van der Waals surface area contributed by atoms with E-state index in [1.54, 1.807) is 64.1 Å². The van der Waals surface area contributed by atoms with Crippen LogP contribution < -0.4 is 11.5 Å². The first-order chi connectivity index (χ1) is 18.2. The molecule has 0 spiro atoms. The summed E-state index contributed by atoms with van der Waals surface area (Å²) in [7, 11) is 0. The van der Waals surface area contributed by atoms with Crippen LogP contribution in [0.3, 0.4) is 0 Å². The van der Waals surface area contributed by atoms with Crippen molar-refractivity contribution in [3.05, 3.63) is 58.7 Å². The Bertz CT molecular complexity index is 1170. The topological polar surface area (TPSA) is 157 Å². The molecule has 0 heterocycles. The molecule has 0 saturated carbocycles. The van der Waals surface area contributed by atoms with Crippen LogP contribution in [0.1, 0.15) is 61.8 Å². The summed E-state index contributed by atoms with van der Waals surface area (Å²) in [4.78, 5) is 56.9. The molecule has 0 fully saturated rings. The summed E-state index contributed by atoms with van der Waals surface area (Å²) in [5, 5.41) is 0. The van der Waals surface area contributed by atoms with Crippen molar-refractivity contribution in [1.82, 2.24) is 0 Å². The molecule has 3 aliphatic rings. The summed E-state index contributed by atoms with van der Waals surface area (Å²) in [6.45, 7) is 5.75. The van der Waals surface area contributed by atoms with Crippen molar-refractivity contribution < 1.29 is 38.1 Å². The Morgan fingerprint density at radius 1 is 0.579 bits per heavy atom. The van der Waals surface area contributed by atoms with Gasteiger partial charge < -0.3 is 30.4 Å². The summed E-state index contributed by atoms with van der Waals surface area (Å²) < 4.78 is 22.0. The third kappa shape index (κ3) is 3.39. The number of benzene rings is 2. The molecule has 0 aliphatic heterocycles. The lowest BCUT2D eigenvalue weighted by molar-refractivity contribution is -0.210. The lowest BCUT2D eigenvalue weighted by atomic mass is 9.39. The van der Waals surface area contributed by atoms with Crippen LogP contribution in [0.4, 0.5) is 11.4 Å². The zero-order valence-corrected chi connectivity index (χ0v) is 21.9. The number of carbonyl (C=O) groups is 4. The molecule has 5 rings (SSSR count). The van der Waals surface area contributed by atoms with Crippen LogP contribution in [0, 0.1) is 10.8 Å². The lowest BCUT2D eigenvalue weighted by Gasteiger charge is -2.58. The second kappa shape index (κ2) is 10.00. The van der Waals surface area contributed by atoms with Gasteiger partial charge in [0.25, 0.3) is 0 Å². The van der Waals surface area contributed by atoms with E-state index in [4.69, 9.17) is 30.4 Å². The van der Waals surface area contributed by atoms with Crippen molar-refractivity contribution in [3.63, 3.8) is 0 Å². The molecule has 2 bridgehead atoms. The predicted molar refractivity (Wildman–Crippen MR) is 137 cm³/mol. The van der Waals surface area contributed by atoms with E-state index in [9.17, 15) is 19.2 Å². The molecular weight excluding hydrogens is 492 g/mol. The fourth-order valence-corrected chi connectivity index (χ4v) is 6.20. The Morgan fingerprint density at radius 3 is 1.13 bits per heavy atom. The molecule has 0 aromatic heterocycles. The maximum absolute atomic E-state index is 14.2. The summed E-state index contributed by atoms with van der Waals surface area (Å²) in [5.41, 5.74) is 10.1. The minimum atomic E-state index is -2.52. The molecule has 2 aromatic rings. The van der Waals surface area contributed by atoms with Crippen LogP contribution >= 0.6 is 0 Å². The average Bonchev–Trinajstić information content (AvgIpc) is 2.88. The van der Waals surface area contributed by atoms with Crippen molar-refractivity contribution in [2.24, 2.45) is 10.8 Å². The molecule has 0 unspecified atom stereocenters. The van der Waals surface area contributed by atoms with Crippen LogP contribution in [0.5, 0.6) is 0 Å². The standard InChI is InChI=1S/C28H32N2O8/c1-5-35-23(31)27(24(32)36-6-2)21-17-11-9-16(30)14-20(17)22(18-12-10-15(29)13-19(18)21)28(27,25(33)37-7-3)26(34)38-8-4/h9-14,21-22H,5-8,29-30H2,1-4H3/t21-,22-/m0/s1. The Morgan fingerprint density at radius 2 is 0.868 bits per heavy atom. The van der Waals surface area contributed by atoms with E-state index < -0.39 is 46.5 Å². The molecule has 10 nitrogen and oxygen atoms in total. The Labute approximate surface area is 220 Å². The maximum atomic E-state index is 14.2. The predicted octanol–water partition coefficient (Wildman–Crippen LogP) is 2.67. The molecule has 38 heavy (non-hydrogen) atoms. The number of esters is 4. The maximum Gasteiger partial charge on any atom is 0.326 e. The second-order valence-corrected chi connectivity index (χ2v) is 9.14. The van der Waals surface area contributed by atoms with Crippen LogP contribution in [0.15, 0.2) is 36.4 Å². The smallest absolute Gasteiger partial charge is 0.326 e. The highest BCUT2D eigenvalue weighted by molar-refractivity contribution is 6.18. The number of ether oxygens (including phenoxy) is 4. The Balaban J connectivity index is 2.30. The van der Waals surface area contributed by atoms with Crippen molar-refractivity contribution >= 4 is 35.3 Å². The van der Waals surface area contributed by atoms with Crippen LogP contribution in [-0.4, -0.2) is 50.3 Å². The fourth-order valence-electron chi connectivity index (χ4n) is 6.20. The quantitative estimate of drug-likeness (QED) is 0.228. The highest BCUT2D eigenvalue weighted by Crippen LogP contribution is 2.71. The van der Waals surface area contributed by atoms with Gasteiger partial charge in [0.1, 0.15) is 0 Å². The molecule has 0 radical (unpaired) electrons. The molecule has 3 aliphatic carbocycles. The average molecular weight is 525 g/mol. The van der Waals surface area contributed by atoms with E-state index in [-0.39, 0.29) is 26.4 Å². The van der Waals surface area contributed by atoms with Crippen LogP contribution in [-0.2, 0) is 38.1 Å². The van der Waals surface area contributed by atoms with Gasteiger partial charge in [0, 0.05) is 23.2 Å². The SMILES string of the molecule is CCOC(=O)C1(C(=O)OCC)[C@H]2c3ccc(N)cc3[C@H](c3ccc(N)cc32)C1(C(=O)OCC)C(=O)OCC. The number of nitrogens with two attached hydrogens (primary N) is 2. The molecule has 4 N–H and O–H groups in total. The third-order valence-corrected chi connectivity index (χ3v) is 7.34. The van der Waals surface area contributed by atoms with Gasteiger partial charge in [-0.05, 0) is 74.2 Å². The monoisotopic (exact) mass is 524 g/mol. The van der Waals surface area contributed by atoms with Crippen molar-refractivity contribution in [1.29, 1.82) is 0 Å². The van der Waals surface area contributed by atoms with Gasteiger partial charge in [-0.15, -0.1) is 0 Å². The van der Waals surface area contributed by atoms with Crippen LogP contribution in [0.25, 0.3) is 0 Å². The highest BCUT2D eigenvalue weighted by Gasteiger charge is 2.83. The molecule has 2 aromatic carbocycles. The number of hydrogen-bond acceptors (Lipinski definition) is 10. The Kier molecular flexibility index (Phi) is 7.10. The molecule has 0 saturated heterocycles. The largest absolute Gasteiger partial charge is 0.465 e. The summed E-state index contributed by atoms with van der Waals surface area (Å²) in [6, 6.07) is 9.90. The van der Waals surface area contributed by atoms with Gasteiger partial charge in [-0.25, -0.2) is 0 Å². The number of nitrogen functional groups attached to an aromatic ring is 2. The summed E-state index contributed by atoms with van der Waals surface area (Å²) in [6.07, 6.45) is 0. The van der Waals surface area contributed by atoms with Crippen molar-refractivity contribution in [2.75, 3.05) is 37.9 Å². The van der Waals surface area contributed by atoms with Gasteiger partial charge in [0.15, 0.2) is 0 Å². The minimum absolute atomic E-state index is 0.127. The van der Waals surface area contributed by atoms with E-state index in [1.807, 2.05) is 0 Å². The first-order valence-electron chi connectivity index (χ1n) is 12.7. The number of fused-ring (bicyclic) bond motifs is 1. The van der Waals surface area contributed by atoms with E-state index >= 15 is 0 Å². The third-order valence-electron chi connectivity index (χ3n) is 7.34. The molecule has 10 heteroatoms. The van der Waals surface area contributed by atoms with Gasteiger partial charge in [-0.3, -0.25) is 19.2 Å². The lowest BCUT2D eigenvalue weighted by Crippen LogP contribution is -2.71. The highest BCUT2D eigenvalue weighted by atomic mass is 16.6. The van der Waals surface area contributed by atoms with Crippen molar-refractivity contribution in [2.45, 2.75) is 39.5 Å². The minimum Gasteiger partial charge on any atom is -0.465 e. The molecule has 0 amide bonds. The van der Waals surface area contributed by atoms with E-state index in [0.29, 0.717) is 33.6 Å². The van der Waals surface area contributed by atoms with E-state index in [1.165, 1.54) is 0 Å². The summed E-state index contributed by atoms with van der Waals surface area (Å²) >= 11 is 0. The first kappa shape index (κ1) is 27.0. The van der Waals surface area contributed by atoms with Gasteiger partial charge in [0.2, 0.25) is 10.8 Å². The fraction of sp³-hybridized carbons (Fsp3) is 0.429. The van der Waals surface area contributed by atoms with Gasteiger partial charge in [0.05, 0.1) is 26.4 Å². The van der Waals surface area contributed by atoms with E-state index in [0.717, 1.165) is 0 Å². The van der Waals surface area contributed by atoms with Crippen LogP contribution in [0.2, 0.25) is 0 Å². The number of carbonyl (C=O) groups excluding carboxylic acids is 4. The number of hydrogen-bond donors (Lipinski definition) is 2. The molecule has 2 atom stereocenters. The second-order valence-electron chi connectivity index (χ2n) is 9.14. The van der Waals surface area contributed by atoms with Gasteiger partial charge in [-0.2, -0.15) is 0 Å². The van der Waals surface area contributed by atoms with E-state index in [2.05, 4.69) is 0 Å². The van der Waals surface area contributed by atoms with Gasteiger partial charge in [-0.1, -0.05) is 12.1 Å². The normalized spacial score (nSPS) is 19.5. The van der Waals surface area contributed by atoms with Gasteiger partial charge >= 0.3 is 23.9 Å². The Hall–Kier alpha value is -4.08. The number of rotatable bonds is 8. The zero-order valence-electron chi connectivity index (χ0n) is 21.9.